The van der Waals surface area contributed by atoms with Crippen molar-refractivity contribution in [2.45, 2.75) is 13.0 Å². The minimum absolute atomic E-state index is 0.00760. The number of nitrogens with zero attached hydrogens (tertiary/aromatic N) is 3. The molecule has 0 aromatic carbocycles. The van der Waals surface area contributed by atoms with E-state index in [-0.39, 0.29) is 11.9 Å². The van der Waals surface area contributed by atoms with Gasteiger partial charge in [-0.1, -0.05) is 12.1 Å². The van der Waals surface area contributed by atoms with Crippen LogP contribution in [0, 0.1) is 0 Å². The fraction of sp³-hybridized carbons (Fsp3) is 0.429. The van der Waals surface area contributed by atoms with Crippen molar-refractivity contribution in [3.05, 3.63) is 42.2 Å². The highest BCUT2D eigenvalue weighted by molar-refractivity contribution is 5.87. The van der Waals surface area contributed by atoms with Gasteiger partial charge in [-0.15, -0.1) is 0 Å². The second-order valence-electron chi connectivity index (χ2n) is 4.58. The third-order valence-electron chi connectivity index (χ3n) is 2.83. The number of likely N-dealkylation sites (N-methyl/N-ethyl adjacent to an activating group) is 2. The standard InChI is InChI=1S/C14H21N3O/c1-12(13-7-5-9-15-11-13)17(4)14(18)8-6-10-16(2)3/h5-9,11-12H,10H2,1-4H3/b8-6+. The third kappa shape index (κ3) is 4.30. The van der Waals surface area contributed by atoms with E-state index in [1.807, 2.05) is 44.1 Å². The summed E-state index contributed by atoms with van der Waals surface area (Å²) in [6.07, 6.45) is 7.01. The van der Waals surface area contributed by atoms with Gasteiger partial charge in [0.1, 0.15) is 0 Å². The van der Waals surface area contributed by atoms with Crippen LogP contribution in [0.2, 0.25) is 0 Å². The van der Waals surface area contributed by atoms with Crippen LogP contribution in [0.5, 0.6) is 0 Å². The van der Waals surface area contributed by atoms with Crippen molar-refractivity contribution in [1.82, 2.24) is 14.8 Å². The quantitative estimate of drug-likeness (QED) is 0.743. The monoisotopic (exact) mass is 247 g/mol. The van der Waals surface area contributed by atoms with Crippen LogP contribution in [-0.4, -0.2) is 48.4 Å². The van der Waals surface area contributed by atoms with Gasteiger partial charge < -0.3 is 9.80 Å². The normalized spacial score (nSPS) is 12.9. The Bertz CT molecular complexity index is 401. The molecule has 0 spiro atoms. The molecular weight excluding hydrogens is 226 g/mol. The summed E-state index contributed by atoms with van der Waals surface area (Å²) in [7, 11) is 5.74. The second-order valence-corrected chi connectivity index (χ2v) is 4.58. The SMILES string of the molecule is CC(c1cccnc1)N(C)C(=O)/C=C/CN(C)C. The van der Waals surface area contributed by atoms with E-state index >= 15 is 0 Å². The highest BCUT2D eigenvalue weighted by atomic mass is 16.2. The van der Waals surface area contributed by atoms with Gasteiger partial charge in [-0.05, 0) is 32.6 Å². The van der Waals surface area contributed by atoms with Crippen LogP contribution in [0.3, 0.4) is 0 Å². The van der Waals surface area contributed by atoms with E-state index in [9.17, 15) is 4.79 Å². The van der Waals surface area contributed by atoms with Crippen molar-refractivity contribution < 1.29 is 4.79 Å². The lowest BCUT2D eigenvalue weighted by molar-refractivity contribution is -0.126. The Kier molecular flexibility index (Phi) is 5.52. The fourth-order valence-corrected chi connectivity index (χ4v) is 1.52. The van der Waals surface area contributed by atoms with Crippen LogP contribution in [0.1, 0.15) is 18.5 Å². The molecule has 18 heavy (non-hydrogen) atoms. The average Bonchev–Trinajstić information content (AvgIpc) is 2.37. The van der Waals surface area contributed by atoms with Gasteiger partial charge in [-0.3, -0.25) is 9.78 Å². The molecule has 4 heteroatoms. The Balaban J connectivity index is 2.61. The molecule has 0 bridgehead atoms. The number of pyridine rings is 1. The van der Waals surface area contributed by atoms with Gasteiger partial charge in [0.15, 0.2) is 0 Å². The maximum atomic E-state index is 11.9. The Labute approximate surface area is 109 Å². The van der Waals surface area contributed by atoms with Gasteiger partial charge in [-0.25, -0.2) is 0 Å². The van der Waals surface area contributed by atoms with Crippen molar-refractivity contribution in [2.75, 3.05) is 27.7 Å². The van der Waals surface area contributed by atoms with E-state index in [1.54, 1.807) is 30.4 Å². The second kappa shape index (κ2) is 6.91. The molecule has 1 heterocycles. The van der Waals surface area contributed by atoms with E-state index in [1.165, 1.54) is 0 Å². The zero-order valence-electron chi connectivity index (χ0n) is 11.5. The summed E-state index contributed by atoms with van der Waals surface area (Å²) in [6, 6.07) is 3.88. The molecule has 0 aliphatic heterocycles. The number of hydrogen-bond donors (Lipinski definition) is 0. The number of carbonyl (C=O) groups excluding carboxylic acids is 1. The number of rotatable bonds is 5. The van der Waals surface area contributed by atoms with Crippen molar-refractivity contribution in [1.29, 1.82) is 0 Å². The Morgan fingerprint density at radius 3 is 2.72 bits per heavy atom. The van der Waals surface area contributed by atoms with Crippen LogP contribution >= 0.6 is 0 Å². The van der Waals surface area contributed by atoms with E-state index in [2.05, 4.69) is 4.98 Å². The number of hydrogen-bond acceptors (Lipinski definition) is 3. The highest BCUT2D eigenvalue weighted by Crippen LogP contribution is 2.17. The van der Waals surface area contributed by atoms with Gasteiger partial charge in [0.05, 0.1) is 6.04 Å². The number of amides is 1. The summed E-state index contributed by atoms with van der Waals surface area (Å²) in [5.41, 5.74) is 1.04. The molecule has 1 amide bonds. The summed E-state index contributed by atoms with van der Waals surface area (Å²) < 4.78 is 0. The Morgan fingerprint density at radius 2 is 2.17 bits per heavy atom. The molecule has 0 aliphatic carbocycles. The van der Waals surface area contributed by atoms with Crippen molar-refractivity contribution >= 4 is 5.91 Å². The molecular formula is C14H21N3O. The molecule has 1 unspecified atom stereocenters. The molecule has 1 aromatic rings. The van der Waals surface area contributed by atoms with Crippen molar-refractivity contribution in [2.24, 2.45) is 0 Å². The number of carbonyl (C=O) groups is 1. The van der Waals surface area contributed by atoms with Crippen LogP contribution in [0.15, 0.2) is 36.7 Å². The molecule has 0 N–H and O–H groups in total. The minimum Gasteiger partial charge on any atom is -0.335 e. The average molecular weight is 247 g/mol. The molecule has 1 aromatic heterocycles. The summed E-state index contributed by atoms with van der Waals surface area (Å²) in [5.74, 6) is 0.00760. The molecule has 0 saturated heterocycles. The summed E-state index contributed by atoms with van der Waals surface area (Å²) in [6.45, 7) is 2.76. The lowest BCUT2D eigenvalue weighted by Gasteiger charge is -2.23. The van der Waals surface area contributed by atoms with E-state index in [0.717, 1.165) is 12.1 Å². The van der Waals surface area contributed by atoms with Gasteiger partial charge >= 0.3 is 0 Å². The van der Waals surface area contributed by atoms with Crippen molar-refractivity contribution in [3.8, 4) is 0 Å². The summed E-state index contributed by atoms with van der Waals surface area (Å²) >= 11 is 0. The lowest BCUT2D eigenvalue weighted by Crippen LogP contribution is -2.28. The first-order chi connectivity index (χ1) is 8.52. The Hall–Kier alpha value is -1.68. The van der Waals surface area contributed by atoms with Gasteiger partial charge in [-0.2, -0.15) is 0 Å². The van der Waals surface area contributed by atoms with Crippen LogP contribution < -0.4 is 0 Å². The zero-order chi connectivity index (χ0) is 13.5. The van der Waals surface area contributed by atoms with Crippen LogP contribution in [0.4, 0.5) is 0 Å². The first-order valence-corrected chi connectivity index (χ1v) is 6.00. The molecule has 4 nitrogen and oxygen atoms in total. The van der Waals surface area contributed by atoms with Gasteiger partial charge in [0.2, 0.25) is 5.91 Å². The molecule has 0 saturated carbocycles. The maximum Gasteiger partial charge on any atom is 0.246 e. The van der Waals surface area contributed by atoms with E-state index in [4.69, 9.17) is 0 Å². The maximum absolute atomic E-state index is 11.9. The topological polar surface area (TPSA) is 36.4 Å². The Morgan fingerprint density at radius 1 is 1.44 bits per heavy atom. The summed E-state index contributed by atoms with van der Waals surface area (Å²) in [4.78, 5) is 19.7. The fourth-order valence-electron chi connectivity index (χ4n) is 1.52. The molecule has 1 atom stereocenters. The predicted molar refractivity (Wildman–Crippen MR) is 73.1 cm³/mol. The van der Waals surface area contributed by atoms with Crippen LogP contribution in [-0.2, 0) is 4.79 Å². The molecule has 0 radical (unpaired) electrons. The molecule has 0 fully saturated rings. The smallest absolute Gasteiger partial charge is 0.246 e. The predicted octanol–water partition coefficient (Wildman–Crippen LogP) is 1.72. The minimum atomic E-state index is 0.00760. The largest absolute Gasteiger partial charge is 0.335 e. The van der Waals surface area contributed by atoms with Crippen molar-refractivity contribution in [3.63, 3.8) is 0 Å². The van der Waals surface area contributed by atoms with E-state index in [0.29, 0.717) is 0 Å². The number of aromatic nitrogens is 1. The highest BCUT2D eigenvalue weighted by Gasteiger charge is 2.14. The first-order valence-electron chi connectivity index (χ1n) is 6.00. The molecule has 1 rings (SSSR count). The van der Waals surface area contributed by atoms with Gasteiger partial charge in [0.25, 0.3) is 0 Å². The molecule has 0 aliphatic rings. The van der Waals surface area contributed by atoms with E-state index < -0.39 is 0 Å². The van der Waals surface area contributed by atoms with Crippen LogP contribution in [0.25, 0.3) is 0 Å². The lowest BCUT2D eigenvalue weighted by atomic mass is 10.1. The first kappa shape index (κ1) is 14.4. The molecule has 98 valence electrons. The van der Waals surface area contributed by atoms with Gasteiger partial charge in [0, 0.05) is 32.1 Å². The zero-order valence-corrected chi connectivity index (χ0v) is 11.5. The third-order valence-corrected chi connectivity index (χ3v) is 2.83. The summed E-state index contributed by atoms with van der Waals surface area (Å²) in [5, 5.41) is 0.